The Labute approximate surface area is 102 Å². The van der Waals surface area contributed by atoms with Gasteiger partial charge in [-0.25, -0.2) is 0 Å². The Bertz CT molecular complexity index is 438. The van der Waals surface area contributed by atoms with Crippen LogP contribution < -0.4 is 10.6 Å². The minimum absolute atomic E-state index is 0.176. The number of hydrogen-bond donors (Lipinski definition) is 2. The smallest absolute Gasteiger partial charge is 0.172 e. The second kappa shape index (κ2) is 4.65. The standard InChI is InChI=1S/C13H19N3O/c1-9-5-3-8-11(13(14)15-17)12(9)16(2)10-6-4-7-10/h3,5,8,10,17H,4,6-7H2,1-2H3,(H2,14,15). The number of oxime groups is 1. The van der Waals surface area contributed by atoms with E-state index in [0.29, 0.717) is 6.04 Å². The lowest BCUT2D eigenvalue weighted by Crippen LogP contribution is -2.38. The SMILES string of the molecule is Cc1cccc(/C(N)=N/O)c1N(C)C1CCC1. The highest BCUT2D eigenvalue weighted by atomic mass is 16.4. The second-order valence-corrected chi connectivity index (χ2v) is 4.65. The summed E-state index contributed by atoms with van der Waals surface area (Å²) in [5.74, 6) is 0.176. The molecule has 0 bridgehead atoms. The maximum Gasteiger partial charge on any atom is 0.172 e. The fraction of sp³-hybridized carbons (Fsp3) is 0.462. The summed E-state index contributed by atoms with van der Waals surface area (Å²) >= 11 is 0. The van der Waals surface area contributed by atoms with Crippen molar-refractivity contribution in [3.63, 3.8) is 0 Å². The molecule has 1 aliphatic rings. The molecular formula is C13H19N3O. The Morgan fingerprint density at radius 2 is 2.18 bits per heavy atom. The highest BCUT2D eigenvalue weighted by Gasteiger charge is 2.25. The van der Waals surface area contributed by atoms with E-state index in [1.54, 1.807) is 0 Å². The summed E-state index contributed by atoms with van der Waals surface area (Å²) in [6.07, 6.45) is 3.74. The zero-order valence-electron chi connectivity index (χ0n) is 10.3. The van der Waals surface area contributed by atoms with E-state index in [4.69, 9.17) is 10.9 Å². The average Bonchev–Trinajstić information content (AvgIpc) is 2.25. The van der Waals surface area contributed by atoms with Crippen molar-refractivity contribution >= 4 is 11.5 Å². The van der Waals surface area contributed by atoms with Crippen molar-refractivity contribution in [2.24, 2.45) is 10.9 Å². The number of hydrogen-bond acceptors (Lipinski definition) is 3. The highest BCUT2D eigenvalue weighted by molar-refractivity contribution is 6.02. The molecule has 1 aromatic carbocycles. The van der Waals surface area contributed by atoms with Gasteiger partial charge >= 0.3 is 0 Å². The van der Waals surface area contributed by atoms with Gasteiger partial charge in [0.15, 0.2) is 5.84 Å². The van der Waals surface area contributed by atoms with E-state index in [0.717, 1.165) is 16.8 Å². The van der Waals surface area contributed by atoms with Crippen LogP contribution in [0.5, 0.6) is 0 Å². The molecule has 0 heterocycles. The number of rotatable bonds is 3. The molecule has 1 aliphatic carbocycles. The molecule has 92 valence electrons. The van der Waals surface area contributed by atoms with E-state index < -0.39 is 0 Å². The van der Waals surface area contributed by atoms with Crippen LogP contribution in [0.4, 0.5) is 5.69 Å². The van der Waals surface area contributed by atoms with Crippen molar-refractivity contribution in [3.8, 4) is 0 Å². The van der Waals surface area contributed by atoms with Crippen molar-refractivity contribution in [2.75, 3.05) is 11.9 Å². The van der Waals surface area contributed by atoms with Crippen LogP contribution in [0.1, 0.15) is 30.4 Å². The topological polar surface area (TPSA) is 61.9 Å². The molecule has 0 unspecified atom stereocenters. The van der Waals surface area contributed by atoms with E-state index in [2.05, 4.69) is 30.1 Å². The Balaban J connectivity index is 2.42. The Hall–Kier alpha value is -1.71. The molecular weight excluding hydrogens is 214 g/mol. The first-order valence-electron chi connectivity index (χ1n) is 5.95. The lowest BCUT2D eigenvalue weighted by atomic mass is 9.90. The third kappa shape index (κ3) is 2.07. The average molecular weight is 233 g/mol. The lowest BCUT2D eigenvalue weighted by Gasteiger charge is -2.38. The van der Waals surface area contributed by atoms with Gasteiger partial charge < -0.3 is 15.8 Å². The van der Waals surface area contributed by atoms with Crippen LogP contribution in [0, 0.1) is 6.92 Å². The number of benzene rings is 1. The maximum absolute atomic E-state index is 8.84. The second-order valence-electron chi connectivity index (χ2n) is 4.65. The van der Waals surface area contributed by atoms with Crippen LogP contribution >= 0.6 is 0 Å². The zero-order chi connectivity index (χ0) is 12.4. The first-order valence-corrected chi connectivity index (χ1v) is 5.95. The molecule has 4 heteroatoms. The van der Waals surface area contributed by atoms with Crippen molar-refractivity contribution in [1.82, 2.24) is 0 Å². The molecule has 1 fully saturated rings. The van der Waals surface area contributed by atoms with Gasteiger partial charge in [-0.1, -0.05) is 17.3 Å². The predicted molar refractivity (Wildman–Crippen MR) is 69.7 cm³/mol. The van der Waals surface area contributed by atoms with Crippen molar-refractivity contribution in [2.45, 2.75) is 32.2 Å². The molecule has 0 amide bonds. The molecule has 2 rings (SSSR count). The summed E-state index contributed by atoms with van der Waals surface area (Å²) < 4.78 is 0. The number of anilines is 1. The van der Waals surface area contributed by atoms with Gasteiger partial charge in [-0.05, 0) is 37.8 Å². The summed E-state index contributed by atoms with van der Waals surface area (Å²) in [5.41, 5.74) is 8.77. The minimum Gasteiger partial charge on any atom is -0.409 e. The van der Waals surface area contributed by atoms with Gasteiger partial charge in [-0.3, -0.25) is 0 Å². The van der Waals surface area contributed by atoms with Crippen LogP contribution in [0.3, 0.4) is 0 Å². The van der Waals surface area contributed by atoms with E-state index in [9.17, 15) is 0 Å². The summed E-state index contributed by atoms with van der Waals surface area (Å²) in [7, 11) is 2.08. The van der Waals surface area contributed by atoms with E-state index >= 15 is 0 Å². The predicted octanol–water partition coefficient (Wildman–Crippen LogP) is 2.08. The molecule has 3 N–H and O–H groups in total. The monoisotopic (exact) mass is 233 g/mol. The summed E-state index contributed by atoms with van der Waals surface area (Å²) in [4.78, 5) is 2.26. The third-order valence-electron chi connectivity index (χ3n) is 3.60. The van der Waals surface area contributed by atoms with Crippen molar-refractivity contribution in [3.05, 3.63) is 29.3 Å². The van der Waals surface area contributed by atoms with Crippen LogP contribution in [0.15, 0.2) is 23.4 Å². The van der Waals surface area contributed by atoms with Crippen LogP contribution in [0.25, 0.3) is 0 Å². The first-order chi connectivity index (χ1) is 8.15. The maximum atomic E-state index is 8.84. The molecule has 17 heavy (non-hydrogen) atoms. The van der Waals surface area contributed by atoms with Crippen molar-refractivity contribution in [1.29, 1.82) is 0 Å². The molecule has 0 aromatic heterocycles. The van der Waals surface area contributed by atoms with Crippen molar-refractivity contribution < 1.29 is 5.21 Å². The number of amidine groups is 1. The number of aryl methyl sites for hydroxylation is 1. The Morgan fingerprint density at radius 1 is 1.47 bits per heavy atom. The summed E-state index contributed by atoms with van der Waals surface area (Å²) in [6.45, 7) is 2.05. The zero-order valence-corrected chi connectivity index (χ0v) is 10.3. The van der Waals surface area contributed by atoms with Gasteiger partial charge in [0.25, 0.3) is 0 Å². The Morgan fingerprint density at radius 3 is 2.71 bits per heavy atom. The molecule has 0 spiro atoms. The molecule has 0 aliphatic heterocycles. The third-order valence-corrected chi connectivity index (χ3v) is 3.60. The number of para-hydroxylation sites is 1. The van der Waals surface area contributed by atoms with E-state index in [1.165, 1.54) is 19.3 Å². The normalized spacial score (nSPS) is 16.7. The largest absolute Gasteiger partial charge is 0.409 e. The van der Waals surface area contributed by atoms with Gasteiger partial charge in [0.1, 0.15) is 0 Å². The fourth-order valence-corrected chi connectivity index (χ4v) is 2.34. The number of nitrogens with two attached hydrogens (primary N) is 1. The van der Waals surface area contributed by atoms with Crippen LogP contribution in [-0.4, -0.2) is 24.1 Å². The minimum atomic E-state index is 0.176. The Kier molecular flexibility index (Phi) is 3.22. The van der Waals surface area contributed by atoms with E-state index in [1.807, 2.05) is 12.1 Å². The first kappa shape index (κ1) is 11.8. The highest BCUT2D eigenvalue weighted by Crippen LogP contribution is 2.32. The summed E-state index contributed by atoms with van der Waals surface area (Å²) in [5, 5.41) is 12.0. The van der Waals surface area contributed by atoms with Gasteiger partial charge in [0.2, 0.25) is 0 Å². The molecule has 4 nitrogen and oxygen atoms in total. The van der Waals surface area contributed by atoms with Gasteiger partial charge in [0, 0.05) is 18.7 Å². The van der Waals surface area contributed by atoms with Crippen LogP contribution in [-0.2, 0) is 0 Å². The summed E-state index contributed by atoms with van der Waals surface area (Å²) in [6, 6.07) is 6.47. The fourth-order valence-electron chi connectivity index (χ4n) is 2.34. The molecule has 1 saturated carbocycles. The number of nitrogens with zero attached hydrogens (tertiary/aromatic N) is 2. The molecule has 0 atom stereocenters. The molecule has 1 aromatic rings. The molecule has 0 saturated heterocycles. The van der Waals surface area contributed by atoms with Gasteiger partial charge in [-0.2, -0.15) is 0 Å². The van der Waals surface area contributed by atoms with Gasteiger partial charge in [-0.15, -0.1) is 0 Å². The molecule has 0 radical (unpaired) electrons. The van der Waals surface area contributed by atoms with Crippen LogP contribution in [0.2, 0.25) is 0 Å². The lowest BCUT2D eigenvalue weighted by molar-refractivity contribution is 0.318. The quantitative estimate of drug-likeness (QED) is 0.363. The van der Waals surface area contributed by atoms with E-state index in [-0.39, 0.29) is 5.84 Å². The van der Waals surface area contributed by atoms with Gasteiger partial charge in [0.05, 0.1) is 5.69 Å².